The number of rotatable bonds is 1. The highest BCUT2D eigenvalue weighted by Gasteiger charge is 2.80. The van der Waals surface area contributed by atoms with Crippen LogP contribution in [-0.2, 0) is 9.53 Å². The summed E-state index contributed by atoms with van der Waals surface area (Å²) >= 11 is 0. The number of carbonyl (C=O) groups excluding carboxylic acids is 1. The zero-order valence-corrected chi connectivity index (χ0v) is 4.45. The molecule has 9 heavy (non-hydrogen) atoms. The van der Waals surface area contributed by atoms with Gasteiger partial charge in [-0.15, -0.1) is 0 Å². The first kappa shape index (κ1) is 6.54. The normalized spacial score (nSPS) is 38.2. The van der Waals surface area contributed by atoms with E-state index in [-0.39, 0.29) is 0 Å². The molecule has 1 aliphatic rings. The Morgan fingerprint density at radius 1 is 1.44 bits per heavy atom. The maximum atomic E-state index is 12.1. The molecule has 1 rings (SSSR count). The molecule has 52 valence electrons. The molecule has 5 heteroatoms. The average molecular weight is 140 g/mol. The van der Waals surface area contributed by atoms with Gasteiger partial charge in [0.05, 0.1) is 0 Å². The predicted octanol–water partition coefficient (Wildman–Crippen LogP) is 0.864. The van der Waals surface area contributed by atoms with E-state index in [1.165, 1.54) is 0 Å². The van der Waals surface area contributed by atoms with Gasteiger partial charge in [-0.2, -0.15) is 13.2 Å². The SMILES string of the molecule is CC(=O)C1(F)OC1(F)F. The van der Waals surface area contributed by atoms with Gasteiger partial charge in [-0.1, -0.05) is 0 Å². The molecule has 0 amide bonds. The van der Waals surface area contributed by atoms with Gasteiger partial charge in [0.2, 0.25) is 5.78 Å². The van der Waals surface area contributed by atoms with Crippen LogP contribution in [0.25, 0.3) is 0 Å². The highest BCUT2D eigenvalue weighted by molar-refractivity contribution is 5.86. The molecule has 2 nitrogen and oxygen atoms in total. The molecule has 0 aromatic heterocycles. The van der Waals surface area contributed by atoms with E-state index < -0.39 is 17.7 Å². The van der Waals surface area contributed by atoms with Gasteiger partial charge in [0.25, 0.3) is 0 Å². The first-order valence-corrected chi connectivity index (χ1v) is 2.18. The molecule has 0 N–H and O–H groups in total. The van der Waals surface area contributed by atoms with Crippen LogP contribution in [-0.4, -0.2) is 17.7 Å². The Morgan fingerprint density at radius 3 is 1.78 bits per heavy atom. The summed E-state index contributed by atoms with van der Waals surface area (Å²) in [4.78, 5) is 9.96. The number of ketones is 1. The van der Waals surface area contributed by atoms with Crippen molar-refractivity contribution in [2.75, 3.05) is 0 Å². The van der Waals surface area contributed by atoms with Crippen LogP contribution < -0.4 is 0 Å². The van der Waals surface area contributed by atoms with Crippen molar-refractivity contribution < 1.29 is 22.7 Å². The Balaban J connectivity index is 2.74. The topological polar surface area (TPSA) is 29.6 Å². The van der Waals surface area contributed by atoms with Gasteiger partial charge in [-0.3, -0.25) is 9.53 Å². The van der Waals surface area contributed by atoms with E-state index in [2.05, 4.69) is 4.74 Å². The second kappa shape index (κ2) is 1.29. The summed E-state index contributed by atoms with van der Waals surface area (Å²) in [5.41, 5.74) is 0. The van der Waals surface area contributed by atoms with Gasteiger partial charge < -0.3 is 0 Å². The minimum atomic E-state index is -3.89. The van der Waals surface area contributed by atoms with E-state index in [1.54, 1.807) is 0 Å². The lowest BCUT2D eigenvalue weighted by Gasteiger charge is -1.90. The molecule has 0 saturated carbocycles. The third-order valence-corrected chi connectivity index (χ3v) is 1.05. The van der Waals surface area contributed by atoms with E-state index in [0.717, 1.165) is 0 Å². The second-order valence-corrected chi connectivity index (χ2v) is 1.77. The highest BCUT2D eigenvalue weighted by Crippen LogP contribution is 2.52. The number of carbonyl (C=O) groups is 1. The van der Waals surface area contributed by atoms with Gasteiger partial charge in [0.1, 0.15) is 0 Å². The Labute approximate surface area is 48.6 Å². The van der Waals surface area contributed by atoms with Crippen LogP contribution in [0.2, 0.25) is 0 Å². The largest absolute Gasteiger partial charge is 0.425 e. The fraction of sp³-hybridized carbons (Fsp3) is 0.750. The second-order valence-electron chi connectivity index (χ2n) is 1.77. The lowest BCUT2D eigenvalue weighted by molar-refractivity contribution is -0.128. The molecule has 1 heterocycles. The standard InChI is InChI=1S/C4H3F3O2/c1-2(8)3(5)4(6,7)9-3/h1H3. The summed E-state index contributed by atoms with van der Waals surface area (Å²) in [5, 5.41) is 0. The summed E-state index contributed by atoms with van der Waals surface area (Å²) in [5.74, 6) is -4.62. The Bertz CT molecular complexity index is 167. The third kappa shape index (κ3) is 0.642. The van der Waals surface area contributed by atoms with E-state index >= 15 is 0 Å². The molecule has 1 unspecified atom stereocenters. The molecule has 0 bridgehead atoms. The molecule has 1 atom stereocenters. The van der Waals surface area contributed by atoms with Crippen molar-refractivity contribution in [1.29, 1.82) is 0 Å². The molecule has 0 radical (unpaired) electrons. The van der Waals surface area contributed by atoms with Crippen molar-refractivity contribution in [3.63, 3.8) is 0 Å². The molecule has 1 aliphatic heterocycles. The lowest BCUT2D eigenvalue weighted by Crippen LogP contribution is -2.21. The number of epoxide rings is 1. The number of ether oxygens (including phenoxy) is 1. The van der Waals surface area contributed by atoms with Crippen LogP contribution in [0.5, 0.6) is 0 Å². The number of Topliss-reactive ketones (excluding diaryl/α,β-unsaturated/α-hetero) is 1. The summed E-state index contributed by atoms with van der Waals surface area (Å²) < 4.78 is 38.5. The molecule has 1 fully saturated rings. The van der Waals surface area contributed by atoms with E-state index in [4.69, 9.17) is 0 Å². The van der Waals surface area contributed by atoms with Crippen molar-refractivity contribution in [1.82, 2.24) is 0 Å². The maximum absolute atomic E-state index is 12.1. The minimum Gasteiger partial charge on any atom is -0.293 e. The van der Waals surface area contributed by atoms with Crippen molar-refractivity contribution in [2.45, 2.75) is 18.9 Å². The molecule has 0 aromatic rings. The van der Waals surface area contributed by atoms with Gasteiger partial charge in [-0.25, -0.2) is 0 Å². The summed E-state index contributed by atoms with van der Waals surface area (Å²) in [6, 6.07) is 0. The van der Waals surface area contributed by atoms with Crippen LogP contribution in [0.1, 0.15) is 6.92 Å². The van der Waals surface area contributed by atoms with E-state index in [9.17, 15) is 18.0 Å². The predicted molar refractivity (Wildman–Crippen MR) is 20.6 cm³/mol. The average Bonchev–Trinajstić information content (AvgIpc) is 2.08. The molecular weight excluding hydrogens is 137 g/mol. The van der Waals surface area contributed by atoms with Crippen molar-refractivity contribution in [3.05, 3.63) is 0 Å². The third-order valence-electron chi connectivity index (χ3n) is 1.05. The maximum Gasteiger partial charge on any atom is 0.425 e. The number of alkyl halides is 3. The highest BCUT2D eigenvalue weighted by atomic mass is 19.3. The van der Waals surface area contributed by atoms with E-state index in [1.807, 2.05) is 0 Å². The van der Waals surface area contributed by atoms with Gasteiger partial charge >= 0.3 is 12.0 Å². The van der Waals surface area contributed by atoms with Crippen LogP contribution in [0.15, 0.2) is 0 Å². The van der Waals surface area contributed by atoms with Crippen molar-refractivity contribution in [3.8, 4) is 0 Å². The van der Waals surface area contributed by atoms with Gasteiger partial charge in [0.15, 0.2) is 0 Å². The molecule has 0 aromatic carbocycles. The number of hydrogen-bond donors (Lipinski definition) is 0. The summed E-state index contributed by atoms with van der Waals surface area (Å²) in [6.45, 7) is 0.709. The Hall–Kier alpha value is -0.580. The lowest BCUT2D eigenvalue weighted by atomic mass is 10.3. The summed E-state index contributed by atoms with van der Waals surface area (Å²) in [7, 11) is 0. The quantitative estimate of drug-likeness (QED) is 0.505. The fourth-order valence-electron chi connectivity index (χ4n) is 0.428. The zero-order chi connectivity index (χ0) is 7.28. The Morgan fingerprint density at radius 2 is 1.78 bits per heavy atom. The Kier molecular flexibility index (Phi) is 0.934. The molecule has 0 spiro atoms. The molecular formula is C4H3F3O2. The first-order valence-electron chi connectivity index (χ1n) is 2.18. The van der Waals surface area contributed by atoms with Crippen LogP contribution in [0, 0.1) is 0 Å². The van der Waals surface area contributed by atoms with Gasteiger partial charge in [0, 0.05) is 6.92 Å². The fourth-order valence-corrected chi connectivity index (χ4v) is 0.428. The van der Waals surface area contributed by atoms with Gasteiger partial charge in [-0.05, 0) is 0 Å². The first-order chi connectivity index (χ1) is 3.90. The molecule has 0 aliphatic carbocycles. The summed E-state index contributed by atoms with van der Waals surface area (Å²) in [6.07, 6.45) is -3.89. The van der Waals surface area contributed by atoms with Crippen molar-refractivity contribution >= 4 is 5.78 Å². The van der Waals surface area contributed by atoms with Crippen molar-refractivity contribution in [2.24, 2.45) is 0 Å². The van der Waals surface area contributed by atoms with E-state index in [0.29, 0.717) is 6.92 Å². The zero-order valence-electron chi connectivity index (χ0n) is 4.45. The smallest absolute Gasteiger partial charge is 0.293 e. The number of hydrogen-bond acceptors (Lipinski definition) is 2. The monoisotopic (exact) mass is 140 g/mol. The van der Waals surface area contributed by atoms with Crippen LogP contribution >= 0.6 is 0 Å². The molecule has 1 saturated heterocycles. The number of halogens is 3. The van der Waals surface area contributed by atoms with Crippen LogP contribution in [0.3, 0.4) is 0 Å². The minimum absolute atomic E-state index is 0.709. The van der Waals surface area contributed by atoms with Crippen LogP contribution in [0.4, 0.5) is 13.2 Å².